The molecule has 5 heteroatoms. The number of carbonyl (C=O) groups excluding carboxylic acids is 1. The van der Waals surface area contributed by atoms with Crippen LogP contribution in [0.5, 0.6) is 0 Å². The molecule has 0 bridgehead atoms. The molecule has 0 saturated heterocycles. The van der Waals surface area contributed by atoms with Crippen LogP contribution in [0.15, 0.2) is 41.2 Å². The Morgan fingerprint density at radius 3 is 3.00 bits per heavy atom. The van der Waals surface area contributed by atoms with Crippen LogP contribution in [0.3, 0.4) is 0 Å². The van der Waals surface area contributed by atoms with E-state index in [-0.39, 0.29) is 11.9 Å². The molecule has 0 fully saturated rings. The number of carbonyl (C=O) groups is 1. The van der Waals surface area contributed by atoms with Crippen molar-refractivity contribution in [2.24, 2.45) is 0 Å². The SMILES string of the molecule is CC(=O)Nc1cccc(C(C)NCc2cnoc2)c1. The number of aromatic nitrogens is 1. The lowest BCUT2D eigenvalue weighted by Gasteiger charge is -2.14. The Labute approximate surface area is 112 Å². The first-order valence-electron chi connectivity index (χ1n) is 6.14. The van der Waals surface area contributed by atoms with Crippen molar-refractivity contribution >= 4 is 11.6 Å². The first-order chi connectivity index (χ1) is 9.15. The van der Waals surface area contributed by atoms with Gasteiger partial charge in [0.2, 0.25) is 5.91 Å². The normalized spacial score (nSPS) is 12.1. The van der Waals surface area contributed by atoms with Crippen LogP contribution in [0.1, 0.15) is 31.0 Å². The Hall–Kier alpha value is -2.14. The van der Waals surface area contributed by atoms with E-state index in [0.717, 1.165) is 16.8 Å². The highest BCUT2D eigenvalue weighted by Gasteiger charge is 2.06. The number of nitrogens with one attached hydrogen (secondary N) is 2. The van der Waals surface area contributed by atoms with Crippen LogP contribution in [0.4, 0.5) is 5.69 Å². The predicted octanol–water partition coefficient (Wildman–Crippen LogP) is 2.48. The molecule has 0 aliphatic heterocycles. The van der Waals surface area contributed by atoms with E-state index in [2.05, 4.69) is 22.7 Å². The van der Waals surface area contributed by atoms with Gasteiger partial charge in [-0.2, -0.15) is 0 Å². The maximum atomic E-state index is 11.0. The topological polar surface area (TPSA) is 67.2 Å². The maximum Gasteiger partial charge on any atom is 0.221 e. The second-order valence-electron chi connectivity index (χ2n) is 4.44. The highest BCUT2D eigenvalue weighted by Crippen LogP contribution is 2.17. The predicted molar refractivity (Wildman–Crippen MR) is 72.5 cm³/mol. The average molecular weight is 259 g/mol. The van der Waals surface area contributed by atoms with Gasteiger partial charge >= 0.3 is 0 Å². The largest absolute Gasteiger partial charge is 0.364 e. The van der Waals surface area contributed by atoms with E-state index >= 15 is 0 Å². The molecule has 0 saturated carbocycles. The van der Waals surface area contributed by atoms with Gasteiger partial charge in [0, 0.05) is 30.8 Å². The summed E-state index contributed by atoms with van der Waals surface area (Å²) < 4.78 is 4.78. The molecule has 0 aliphatic rings. The van der Waals surface area contributed by atoms with Crippen LogP contribution in [0.2, 0.25) is 0 Å². The minimum atomic E-state index is -0.0674. The molecule has 0 spiro atoms. The van der Waals surface area contributed by atoms with Gasteiger partial charge < -0.3 is 15.2 Å². The van der Waals surface area contributed by atoms with E-state index in [1.165, 1.54) is 6.92 Å². The molecule has 1 heterocycles. The summed E-state index contributed by atoms with van der Waals surface area (Å²) in [6.45, 7) is 4.26. The van der Waals surface area contributed by atoms with E-state index in [0.29, 0.717) is 6.54 Å². The van der Waals surface area contributed by atoms with E-state index in [9.17, 15) is 4.79 Å². The van der Waals surface area contributed by atoms with Crippen LogP contribution in [0, 0.1) is 0 Å². The summed E-state index contributed by atoms with van der Waals surface area (Å²) in [5.74, 6) is -0.0674. The number of hydrogen-bond donors (Lipinski definition) is 2. The molecule has 0 aliphatic carbocycles. The number of rotatable bonds is 5. The fourth-order valence-electron chi connectivity index (χ4n) is 1.79. The van der Waals surface area contributed by atoms with Gasteiger partial charge in [-0.05, 0) is 24.6 Å². The molecule has 0 radical (unpaired) electrons. The quantitative estimate of drug-likeness (QED) is 0.865. The summed E-state index contributed by atoms with van der Waals surface area (Å²) in [4.78, 5) is 11.0. The van der Waals surface area contributed by atoms with Crippen molar-refractivity contribution in [1.82, 2.24) is 10.5 Å². The number of benzene rings is 1. The van der Waals surface area contributed by atoms with Gasteiger partial charge in [0.05, 0.1) is 6.20 Å². The van der Waals surface area contributed by atoms with E-state index in [1.54, 1.807) is 12.5 Å². The summed E-state index contributed by atoms with van der Waals surface area (Å²) >= 11 is 0. The molecule has 2 N–H and O–H groups in total. The van der Waals surface area contributed by atoms with Crippen molar-refractivity contribution in [3.8, 4) is 0 Å². The van der Waals surface area contributed by atoms with Gasteiger partial charge in [0.1, 0.15) is 6.26 Å². The fraction of sp³-hybridized carbons (Fsp3) is 0.286. The Balaban J connectivity index is 1.98. The molecule has 5 nitrogen and oxygen atoms in total. The highest BCUT2D eigenvalue weighted by atomic mass is 16.5. The minimum Gasteiger partial charge on any atom is -0.364 e. The zero-order valence-electron chi connectivity index (χ0n) is 11.0. The molecule has 1 aromatic heterocycles. The van der Waals surface area contributed by atoms with Gasteiger partial charge in [-0.15, -0.1) is 0 Å². The minimum absolute atomic E-state index is 0.0674. The molecule has 19 heavy (non-hydrogen) atoms. The number of amides is 1. The zero-order chi connectivity index (χ0) is 13.7. The summed E-state index contributed by atoms with van der Waals surface area (Å²) in [5, 5.41) is 9.80. The van der Waals surface area contributed by atoms with Crippen molar-refractivity contribution in [2.45, 2.75) is 26.4 Å². The Bertz CT molecular complexity index is 537. The fourth-order valence-corrected chi connectivity index (χ4v) is 1.79. The van der Waals surface area contributed by atoms with Gasteiger partial charge in [-0.25, -0.2) is 0 Å². The third-order valence-corrected chi connectivity index (χ3v) is 2.80. The first kappa shape index (κ1) is 13.3. The van der Waals surface area contributed by atoms with Crippen LogP contribution in [-0.4, -0.2) is 11.1 Å². The second kappa shape index (κ2) is 6.15. The summed E-state index contributed by atoms with van der Waals surface area (Å²) in [5.41, 5.74) is 2.93. The van der Waals surface area contributed by atoms with Gasteiger partial charge in [-0.3, -0.25) is 4.79 Å². The Kier molecular flexibility index (Phi) is 4.30. The highest BCUT2D eigenvalue weighted by molar-refractivity contribution is 5.88. The first-order valence-corrected chi connectivity index (χ1v) is 6.14. The summed E-state index contributed by atoms with van der Waals surface area (Å²) in [6.07, 6.45) is 3.31. The van der Waals surface area contributed by atoms with Gasteiger partial charge in [0.25, 0.3) is 0 Å². The van der Waals surface area contributed by atoms with E-state index in [1.807, 2.05) is 24.3 Å². The molecular formula is C14H17N3O2. The lowest BCUT2D eigenvalue weighted by molar-refractivity contribution is -0.114. The Morgan fingerprint density at radius 1 is 1.47 bits per heavy atom. The Morgan fingerprint density at radius 2 is 2.32 bits per heavy atom. The van der Waals surface area contributed by atoms with Crippen molar-refractivity contribution in [3.05, 3.63) is 47.9 Å². The number of anilines is 1. The van der Waals surface area contributed by atoms with Crippen LogP contribution < -0.4 is 10.6 Å². The third-order valence-electron chi connectivity index (χ3n) is 2.80. The van der Waals surface area contributed by atoms with Gasteiger partial charge in [0.15, 0.2) is 0 Å². The van der Waals surface area contributed by atoms with Crippen molar-refractivity contribution < 1.29 is 9.32 Å². The van der Waals surface area contributed by atoms with Crippen molar-refractivity contribution in [3.63, 3.8) is 0 Å². The zero-order valence-corrected chi connectivity index (χ0v) is 11.0. The molecule has 1 unspecified atom stereocenters. The van der Waals surface area contributed by atoms with Crippen LogP contribution in [-0.2, 0) is 11.3 Å². The molecule has 1 aromatic carbocycles. The number of nitrogens with zero attached hydrogens (tertiary/aromatic N) is 1. The van der Waals surface area contributed by atoms with Crippen molar-refractivity contribution in [2.75, 3.05) is 5.32 Å². The smallest absolute Gasteiger partial charge is 0.221 e. The molecule has 100 valence electrons. The maximum absolute atomic E-state index is 11.0. The summed E-state index contributed by atoms with van der Waals surface area (Å²) in [7, 11) is 0. The molecule has 2 aromatic rings. The second-order valence-corrected chi connectivity index (χ2v) is 4.44. The molecule has 2 rings (SSSR count). The lowest BCUT2D eigenvalue weighted by Crippen LogP contribution is -2.18. The summed E-state index contributed by atoms with van der Waals surface area (Å²) in [6, 6.07) is 7.96. The van der Waals surface area contributed by atoms with E-state index in [4.69, 9.17) is 4.52 Å². The van der Waals surface area contributed by atoms with Crippen LogP contribution in [0.25, 0.3) is 0 Å². The van der Waals surface area contributed by atoms with Gasteiger partial charge in [-0.1, -0.05) is 17.3 Å². The molecule has 1 amide bonds. The monoisotopic (exact) mass is 259 g/mol. The molecule has 1 atom stereocenters. The molecular weight excluding hydrogens is 242 g/mol. The van der Waals surface area contributed by atoms with Crippen molar-refractivity contribution in [1.29, 1.82) is 0 Å². The number of hydrogen-bond acceptors (Lipinski definition) is 4. The van der Waals surface area contributed by atoms with Crippen LogP contribution >= 0.6 is 0 Å². The third kappa shape index (κ3) is 3.93. The average Bonchev–Trinajstić information content (AvgIpc) is 2.88. The lowest BCUT2D eigenvalue weighted by atomic mass is 10.1. The van der Waals surface area contributed by atoms with E-state index < -0.39 is 0 Å². The standard InChI is InChI=1S/C14H17N3O2/c1-10(15-7-12-8-16-19-9-12)13-4-3-5-14(6-13)17-11(2)18/h3-6,8-10,15H,7H2,1-2H3,(H,17,18).